The molecule has 0 heterocycles. The molecular formula is C9H22INOSi. The second-order valence-corrected chi connectivity index (χ2v) is 9.59. The molecule has 80 valence electrons. The Morgan fingerprint density at radius 2 is 1.92 bits per heavy atom. The molecule has 0 bridgehead atoms. The minimum absolute atomic E-state index is 0.896. The van der Waals surface area contributed by atoms with Crippen molar-refractivity contribution < 1.29 is 4.43 Å². The maximum absolute atomic E-state index is 5.94. The van der Waals surface area contributed by atoms with Crippen LogP contribution in [0, 0.1) is 0 Å². The topological polar surface area (TPSA) is 12.5 Å². The average molecular weight is 315 g/mol. The van der Waals surface area contributed by atoms with E-state index in [2.05, 4.69) is 54.7 Å². The Morgan fingerprint density at radius 3 is 2.38 bits per heavy atom. The van der Waals surface area contributed by atoms with Crippen molar-refractivity contribution >= 4 is 30.9 Å². The number of rotatable bonds is 7. The lowest BCUT2D eigenvalue weighted by Gasteiger charge is -2.23. The highest BCUT2D eigenvalue weighted by Gasteiger charge is 2.20. The van der Waals surface area contributed by atoms with Gasteiger partial charge in [0, 0.05) is 13.2 Å². The lowest BCUT2D eigenvalue weighted by Crippen LogP contribution is -2.33. The molecule has 0 saturated heterocycles. The molecule has 0 aliphatic rings. The van der Waals surface area contributed by atoms with Gasteiger partial charge in [0.25, 0.3) is 0 Å². The van der Waals surface area contributed by atoms with Gasteiger partial charge in [-0.05, 0) is 44.1 Å². The molecule has 0 aromatic heterocycles. The summed E-state index contributed by atoms with van der Waals surface area (Å²) < 4.78 is 7.19. The molecular weight excluding hydrogens is 293 g/mol. The number of halogens is 1. The largest absolute Gasteiger partial charge is 0.416 e. The third kappa shape index (κ3) is 9.18. The first-order chi connectivity index (χ1) is 5.98. The minimum atomic E-state index is -1.32. The number of hydrogen-bond acceptors (Lipinski definition) is 2. The fraction of sp³-hybridized carbons (Fsp3) is 1.00. The van der Waals surface area contributed by atoms with Crippen molar-refractivity contribution in [2.45, 2.75) is 25.6 Å². The lowest BCUT2D eigenvalue weighted by molar-refractivity contribution is 0.253. The van der Waals surface area contributed by atoms with E-state index in [1.165, 1.54) is 16.9 Å². The van der Waals surface area contributed by atoms with Crippen molar-refractivity contribution in [3.05, 3.63) is 0 Å². The Kier molecular flexibility index (Phi) is 7.68. The van der Waals surface area contributed by atoms with Gasteiger partial charge in [-0.15, -0.1) is 0 Å². The van der Waals surface area contributed by atoms with Crippen LogP contribution in [0.25, 0.3) is 0 Å². The van der Waals surface area contributed by atoms with Crippen molar-refractivity contribution in [1.82, 2.24) is 4.90 Å². The normalized spacial score (nSPS) is 12.5. The Hall–Kier alpha value is 0.867. The van der Waals surface area contributed by atoms with Gasteiger partial charge in [0.15, 0.2) is 8.32 Å². The molecule has 13 heavy (non-hydrogen) atoms. The van der Waals surface area contributed by atoms with Crippen LogP contribution in [0.2, 0.25) is 19.1 Å². The van der Waals surface area contributed by atoms with Gasteiger partial charge in [0.1, 0.15) is 0 Å². The quantitative estimate of drug-likeness (QED) is 0.407. The molecule has 0 aromatic carbocycles. The van der Waals surface area contributed by atoms with Gasteiger partial charge in [0.05, 0.1) is 0 Å². The van der Waals surface area contributed by atoms with Gasteiger partial charge in [-0.2, -0.15) is 0 Å². The number of nitrogens with zero attached hydrogens (tertiary/aromatic N) is 1. The van der Waals surface area contributed by atoms with E-state index in [0.29, 0.717) is 0 Å². The van der Waals surface area contributed by atoms with E-state index >= 15 is 0 Å². The number of alkyl halides is 1. The van der Waals surface area contributed by atoms with Crippen LogP contribution in [0.1, 0.15) is 6.42 Å². The second kappa shape index (κ2) is 7.20. The first-order valence-corrected chi connectivity index (χ1v) is 9.47. The van der Waals surface area contributed by atoms with E-state index in [0.717, 1.165) is 13.2 Å². The monoisotopic (exact) mass is 315 g/mol. The van der Waals surface area contributed by atoms with Crippen LogP contribution < -0.4 is 0 Å². The zero-order valence-electron chi connectivity index (χ0n) is 9.27. The number of likely N-dealkylation sites (N-methyl/N-ethyl adjacent to an activating group) is 1. The maximum Gasteiger partial charge on any atom is 0.186 e. The van der Waals surface area contributed by atoms with Gasteiger partial charge in [-0.3, -0.25) is 0 Å². The third-order valence-corrected chi connectivity index (χ3v) is 5.25. The summed E-state index contributed by atoms with van der Waals surface area (Å²) in [7, 11) is 2.85. The summed E-state index contributed by atoms with van der Waals surface area (Å²) in [5.74, 6) is 0. The third-order valence-electron chi connectivity index (χ3n) is 1.94. The smallest absolute Gasteiger partial charge is 0.186 e. The fourth-order valence-corrected chi connectivity index (χ4v) is 3.99. The molecule has 0 spiro atoms. The summed E-state index contributed by atoms with van der Waals surface area (Å²) >= 11 is 2.43. The molecule has 0 aromatic rings. The van der Waals surface area contributed by atoms with E-state index in [-0.39, 0.29) is 0 Å². The number of hydrogen-bond donors (Lipinski definition) is 0. The van der Waals surface area contributed by atoms with Crippen LogP contribution in [0.3, 0.4) is 0 Å². The van der Waals surface area contributed by atoms with Crippen molar-refractivity contribution in [2.75, 3.05) is 31.7 Å². The van der Waals surface area contributed by atoms with Crippen LogP contribution >= 0.6 is 22.6 Å². The summed E-state index contributed by atoms with van der Waals surface area (Å²) in [5.41, 5.74) is 0. The molecule has 0 atom stereocenters. The Morgan fingerprint density at radius 1 is 1.31 bits per heavy atom. The zero-order valence-corrected chi connectivity index (χ0v) is 12.4. The minimum Gasteiger partial charge on any atom is -0.416 e. The van der Waals surface area contributed by atoms with Gasteiger partial charge in [0.2, 0.25) is 0 Å². The predicted molar refractivity (Wildman–Crippen MR) is 70.3 cm³/mol. The molecule has 0 saturated carbocycles. The molecule has 0 N–H and O–H groups in total. The van der Waals surface area contributed by atoms with E-state index in [1.54, 1.807) is 0 Å². The Bertz CT molecular complexity index is 131. The van der Waals surface area contributed by atoms with Gasteiger partial charge < -0.3 is 9.33 Å². The average Bonchev–Trinajstić information content (AvgIpc) is 2.00. The Labute approximate surface area is 97.3 Å². The van der Waals surface area contributed by atoms with Crippen LogP contribution in [-0.4, -0.2) is 44.9 Å². The summed E-state index contributed by atoms with van der Waals surface area (Å²) in [5, 5.41) is 0. The zero-order chi connectivity index (χ0) is 10.3. The van der Waals surface area contributed by atoms with Crippen molar-refractivity contribution in [3.63, 3.8) is 0 Å². The van der Waals surface area contributed by atoms with E-state index in [1.807, 2.05) is 0 Å². The maximum atomic E-state index is 5.94. The molecule has 0 radical (unpaired) electrons. The van der Waals surface area contributed by atoms with Crippen molar-refractivity contribution in [3.8, 4) is 0 Å². The highest BCUT2D eigenvalue weighted by molar-refractivity contribution is 14.1. The van der Waals surface area contributed by atoms with Crippen LogP contribution in [0.4, 0.5) is 0 Å². The van der Waals surface area contributed by atoms with E-state index < -0.39 is 8.32 Å². The SMILES string of the molecule is CN(C)CCO[Si](C)(C)CCCI. The molecule has 4 heteroatoms. The molecule has 2 nitrogen and oxygen atoms in total. The summed E-state index contributed by atoms with van der Waals surface area (Å²) in [6, 6.07) is 1.30. The highest BCUT2D eigenvalue weighted by atomic mass is 127. The first kappa shape index (κ1) is 13.9. The molecule has 0 aliphatic heterocycles. The fourth-order valence-electron chi connectivity index (χ4n) is 1.07. The van der Waals surface area contributed by atoms with Crippen LogP contribution in [-0.2, 0) is 4.43 Å². The van der Waals surface area contributed by atoms with Gasteiger partial charge in [-0.25, -0.2) is 0 Å². The van der Waals surface area contributed by atoms with E-state index in [4.69, 9.17) is 4.43 Å². The molecule has 0 rings (SSSR count). The summed E-state index contributed by atoms with van der Waals surface area (Å²) in [6.07, 6.45) is 1.31. The first-order valence-electron chi connectivity index (χ1n) is 4.82. The standard InChI is InChI=1S/C9H22INOSi/c1-11(2)7-8-12-13(3,4)9-5-6-10/h5-9H2,1-4H3. The van der Waals surface area contributed by atoms with Crippen molar-refractivity contribution in [2.24, 2.45) is 0 Å². The van der Waals surface area contributed by atoms with Crippen LogP contribution in [0.5, 0.6) is 0 Å². The lowest BCUT2D eigenvalue weighted by atomic mass is 10.6. The highest BCUT2D eigenvalue weighted by Crippen LogP contribution is 2.14. The summed E-state index contributed by atoms with van der Waals surface area (Å²) in [4.78, 5) is 2.17. The van der Waals surface area contributed by atoms with Crippen LogP contribution in [0.15, 0.2) is 0 Å². The summed E-state index contributed by atoms with van der Waals surface area (Å²) in [6.45, 7) is 6.57. The molecule has 0 unspecified atom stereocenters. The predicted octanol–water partition coefficient (Wildman–Crippen LogP) is 2.59. The van der Waals surface area contributed by atoms with Gasteiger partial charge in [-0.1, -0.05) is 22.6 Å². The second-order valence-electron chi connectivity index (χ2n) is 4.20. The van der Waals surface area contributed by atoms with Crippen molar-refractivity contribution in [1.29, 1.82) is 0 Å². The van der Waals surface area contributed by atoms with E-state index in [9.17, 15) is 0 Å². The molecule has 0 amide bonds. The van der Waals surface area contributed by atoms with Gasteiger partial charge >= 0.3 is 0 Å². The Balaban J connectivity index is 3.50. The molecule has 0 aliphatic carbocycles. The molecule has 0 fully saturated rings.